The number of aromatic nitrogens is 2. The summed E-state index contributed by atoms with van der Waals surface area (Å²) in [6, 6.07) is 15.0. The average Bonchev–Trinajstić information content (AvgIpc) is 2.65. The minimum atomic E-state index is -0.288. The summed E-state index contributed by atoms with van der Waals surface area (Å²) in [6.07, 6.45) is 1.60. The molecule has 0 fully saturated rings. The van der Waals surface area contributed by atoms with Crippen LogP contribution in [0, 0.1) is 13.8 Å². The average molecular weight is 381 g/mol. The summed E-state index contributed by atoms with van der Waals surface area (Å²) in [7, 11) is 0. The molecule has 1 heterocycles. The highest BCUT2D eigenvalue weighted by molar-refractivity contribution is 6.30. The first-order valence-electron chi connectivity index (χ1n) is 8.72. The fourth-order valence-corrected chi connectivity index (χ4v) is 3.02. The van der Waals surface area contributed by atoms with E-state index in [1.807, 2.05) is 43.9 Å². The van der Waals surface area contributed by atoms with Gasteiger partial charge in [0, 0.05) is 29.1 Å². The normalized spacial score (nSPS) is 10.5. The molecule has 1 N–H and O–H groups in total. The molecule has 27 heavy (non-hydrogen) atoms. The van der Waals surface area contributed by atoms with Gasteiger partial charge in [-0.1, -0.05) is 23.7 Å². The second-order valence-electron chi connectivity index (χ2n) is 6.24. The first kappa shape index (κ1) is 18.9. The Morgan fingerprint density at radius 2 is 1.96 bits per heavy atom. The van der Waals surface area contributed by atoms with Crippen LogP contribution in [0.2, 0.25) is 5.02 Å². The fraction of sp³-hybridized carbons (Fsp3) is 0.190. The molecule has 3 aromatic rings. The van der Waals surface area contributed by atoms with Crippen LogP contribution in [0.5, 0.6) is 0 Å². The van der Waals surface area contributed by atoms with Gasteiger partial charge in [0.2, 0.25) is 5.95 Å². The molecular formula is C21H21ClN4O. The zero-order valence-electron chi connectivity index (χ0n) is 15.5. The van der Waals surface area contributed by atoms with Crippen molar-refractivity contribution in [3.63, 3.8) is 0 Å². The Hall–Kier alpha value is -2.92. The molecule has 0 aliphatic heterocycles. The van der Waals surface area contributed by atoms with Gasteiger partial charge in [-0.05, 0) is 68.3 Å². The van der Waals surface area contributed by atoms with E-state index in [4.69, 9.17) is 11.6 Å². The van der Waals surface area contributed by atoms with Gasteiger partial charge in [0.15, 0.2) is 0 Å². The number of rotatable bonds is 5. The molecule has 0 aliphatic rings. The predicted molar refractivity (Wildman–Crippen MR) is 110 cm³/mol. The van der Waals surface area contributed by atoms with Crippen molar-refractivity contribution >= 4 is 34.8 Å². The van der Waals surface area contributed by atoms with Crippen LogP contribution in [0.25, 0.3) is 0 Å². The molecule has 5 nitrogen and oxygen atoms in total. The Labute approximate surface area is 164 Å². The highest BCUT2D eigenvalue weighted by atomic mass is 35.5. The van der Waals surface area contributed by atoms with E-state index < -0.39 is 0 Å². The lowest BCUT2D eigenvalue weighted by atomic mass is 10.2. The Morgan fingerprint density at radius 1 is 1.15 bits per heavy atom. The number of hydrogen-bond donors (Lipinski definition) is 1. The molecule has 1 amide bonds. The lowest BCUT2D eigenvalue weighted by Gasteiger charge is -2.21. The summed E-state index contributed by atoms with van der Waals surface area (Å²) in [5, 5.41) is 3.51. The summed E-state index contributed by atoms with van der Waals surface area (Å²) in [4.78, 5) is 23.4. The molecule has 0 bridgehead atoms. The van der Waals surface area contributed by atoms with Crippen molar-refractivity contribution in [3.8, 4) is 0 Å². The van der Waals surface area contributed by atoms with Gasteiger partial charge in [-0.25, -0.2) is 9.97 Å². The monoisotopic (exact) mass is 380 g/mol. The van der Waals surface area contributed by atoms with Crippen molar-refractivity contribution in [2.45, 2.75) is 20.8 Å². The lowest BCUT2D eigenvalue weighted by Crippen LogP contribution is -2.21. The number of anilines is 3. The van der Waals surface area contributed by atoms with Crippen molar-refractivity contribution in [2.75, 3.05) is 16.8 Å². The van der Waals surface area contributed by atoms with Crippen molar-refractivity contribution in [2.24, 2.45) is 0 Å². The van der Waals surface area contributed by atoms with Crippen LogP contribution in [0.1, 0.15) is 28.5 Å². The van der Waals surface area contributed by atoms with E-state index in [2.05, 4.69) is 21.4 Å². The van der Waals surface area contributed by atoms with Crippen LogP contribution in [0.15, 0.2) is 54.7 Å². The van der Waals surface area contributed by atoms with E-state index in [-0.39, 0.29) is 5.91 Å². The standard InChI is InChI=1S/C21H21ClN4O/c1-4-26(17-7-5-6-14(2)12-17)21-23-11-10-19(25-21)20(27)24-18-9-8-16(22)13-15(18)3/h5-13H,4H2,1-3H3,(H,24,27). The largest absolute Gasteiger partial charge is 0.320 e. The van der Waals surface area contributed by atoms with Gasteiger partial charge >= 0.3 is 0 Å². The van der Waals surface area contributed by atoms with E-state index in [0.29, 0.717) is 28.9 Å². The highest BCUT2D eigenvalue weighted by Crippen LogP contribution is 2.23. The third-order valence-electron chi connectivity index (χ3n) is 4.18. The molecule has 0 radical (unpaired) electrons. The molecule has 6 heteroatoms. The number of amides is 1. The second kappa shape index (κ2) is 8.18. The smallest absolute Gasteiger partial charge is 0.274 e. The summed E-state index contributed by atoms with van der Waals surface area (Å²) in [5.74, 6) is 0.202. The van der Waals surface area contributed by atoms with Crippen molar-refractivity contribution in [1.29, 1.82) is 0 Å². The summed E-state index contributed by atoms with van der Waals surface area (Å²) in [5.41, 5.74) is 4.04. The van der Waals surface area contributed by atoms with Gasteiger partial charge in [0.25, 0.3) is 5.91 Å². The zero-order chi connectivity index (χ0) is 19.4. The number of aryl methyl sites for hydroxylation is 2. The maximum atomic E-state index is 12.7. The maximum absolute atomic E-state index is 12.7. The molecular weight excluding hydrogens is 360 g/mol. The molecule has 138 valence electrons. The summed E-state index contributed by atoms with van der Waals surface area (Å²) >= 11 is 5.97. The Morgan fingerprint density at radius 3 is 2.67 bits per heavy atom. The van der Waals surface area contributed by atoms with Gasteiger partial charge in [-0.2, -0.15) is 0 Å². The maximum Gasteiger partial charge on any atom is 0.274 e. The second-order valence-corrected chi connectivity index (χ2v) is 6.67. The van der Waals surface area contributed by atoms with Gasteiger partial charge in [-0.15, -0.1) is 0 Å². The molecule has 0 aliphatic carbocycles. The van der Waals surface area contributed by atoms with Crippen molar-refractivity contribution in [3.05, 3.63) is 76.6 Å². The number of carbonyl (C=O) groups excluding carboxylic acids is 1. The first-order chi connectivity index (χ1) is 13.0. The molecule has 3 rings (SSSR count). The van der Waals surface area contributed by atoms with Crippen LogP contribution < -0.4 is 10.2 Å². The van der Waals surface area contributed by atoms with E-state index in [1.54, 1.807) is 30.5 Å². The lowest BCUT2D eigenvalue weighted by molar-refractivity contribution is 0.102. The summed E-state index contributed by atoms with van der Waals surface area (Å²) < 4.78 is 0. The number of benzene rings is 2. The zero-order valence-corrected chi connectivity index (χ0v) is 16.3. The molecule has 0 unspecified atom stereocenters. The topological polar surface area (TPSA) is 58.1 Å². The molecule has 2 aromatic carbocycles. The Kier molecular flexibility index (Phi) is 5.72. The van der Waals surface area contributed by atoms with Crippen LogP contribution in [0.3, 0.4) is 0 Å². The predicted octanol–water partition coefficient (Wildman–Crippen LogP) is 5.16. The van der Waals surface area contributed by atoms with E-state index in [1.165, 1.54) is 0 Å². The van der Waals surface area contributed by atoms with E-state index >= 15 is 0 Å². The molecule has 1 aromatic heterocycles. The molecule has 0 spiro atoms. The molecule has 0 atom stereocenters. The van der Waals surface area contributed by atoms with Gasteiger partial charge in [0.1, 0.15) is 5.69 Å². The Balaban J connectivity index is 1.86. The number of nitrogens with zero attached hydrogens (tertiary/aromatic N) is 3. The fourth-order valence-electron chi connectivity index (χ4n) is 2.79. The van der Waals surface area contributed by atoms with Crippen molar-refractivity contribution in [1.82, 2.24) is 9.97 Å². The van der Waals surface area contributed by atoms with Crippen LogP contribution in [-0.4, -0.2) is 22.4 Å². The van der Waals surface area contributed by atoms with Crippen LogP contribution in [-0.2, 0) is 0 Å². The van der Waals surface area contributed by atoms with Crippen LogP contribution >= 0.6 is 11.6 Å². The SMILES string of the molecule is CCN(c1cccc(C)c1)c1nccc(C(=O)Nc2ccc(Cl)cc2C)n1. The number of hydrogen-bond acceptors (Lipinski definition) is 4. The number of nitrogens with one attached hydrogen (secondary N) is 1. The third-order valence-corrected chi connectivity index (χ3v) is 4.42. The van der Waals surface area contributed by atoms with Gasteiger partial charge in [0.05, 0.1) is 0 Å². The molecule has 0 saturated heterocycles. The van der Waals surface area contributed by atoms with Crippen LogP contribution in [0.4, 0.5) is 17.3 Å². The first-order valence-corrected chi connectivity index (χ1v) is 9.10. The number of halogens is 1. The van der Waals surface area contributed by atoms with Gasteiger partial charge in [-0.3, -0.25) is 4.79 Å². The van der Waals surface area contributed by atoms with Crippen molar-refractivity contribution < 1.29 is 4.79 Å². The Bertz CT molecular complexity index is 974. The molecule has 0 saturated carbocycles. The highest BCUT2D eigenvalue weighted by Gasteiger charge is 2.15. The minimum Gasteiger partial charge on any atom is -0.320 e. The minimum absolute atomic E-state index is 0.288. The van der Waals surface area contributed by atoms with E-state index in [0.717, 1.165) is 16.8 Å². The quantitative estimate of drug-likeness (QED) is 0.664. The number of carbonyl (C=O) groups is 1. The van der Waals surface area contributed by atoms with Gasteiger partial charge < -0.3 is 10.2 Å². The third kappa shape index (κ3) is 4.44. The summed E-state index contributed by atoms with van der Waals surface area (Å²) in [6.45, 7) is 6.64. The van der Waals surface area contributed by atoms with E-state index in [9.17, 15) is 4.79 Å².